The Morgan fingerprint density at radius 1 is 1.29 bits per heavy atom. The third-order valence-electron chi connectivity index (χ3n) is 3.29. The third kappa shape index (κ3) is 2.81. The molecule has 0 aliphatic heterocycles. The summed E-state index contributed by atoms with van der Waals surface area (Å²) in [6, 6.07) is 2.41. The van der Waals surface area contributed by atoms with Crippen LogP contribution in [0.4, 0.5) is 13.2 Å². The Labute approximate surface area is 118 Å². The molecule has 2 aromatic rings. The van der Waals surface area contributed by atoms with E-state index in [1.807, 2.05) is 0 Å². The first-order valence-electron chi connectivity index (χ1n) is 6.11. The van der Waals surface area contributed by atoms with Gasteiger partial charge in [-0.25, -0.2) is 0 Å². The molecule has 0 radical (unpaired) electrons. The summed E-state index contributed by atoms with van der Waals surface area (Å²) in [7, 11) is 2.52. The standard InChI is InChI=1S/C14H14F3NO3/c1-7-9(6-12(19)21-3)10-4-8(20-2)5-11(13(10)18-7)14(15,16)17/h4-5,18H,6H2,1-3H3. The number of esters is 1. The van der Waals surface area contributed by atoms with E-state index in [9.17, 15) is 18.0 Å². The van der Waals surface area contributed by atoms with Crippen LogP contribution in [0.5, 0.6) is 5.75 Å². The number of halogens is 3. The number of fused-ring (bicyclic) bond motifs is 1. The van der Waals surface area contributed by atoms with Gasteiger partial charge >= 0.3 is 12.1 Å². The molecule has 0 spiro atoms. The predicted molar refractivity (Wildman–Crippen MR) is 70.3 cm³/mol. The van der Waals surface area contributed by atoms with Crippen LogP contribution in [0.3, 0.4) is 0 Å². The number of hydrogen-bond acceptors (Lipinski definition) is 3. The van der Waals surface area contributed by atoms with Crippen molar-refractivity contribution in [3.8, 4) is 5.75 Å². The maximum absolute atomic E-state index is 13.1. The number of nitrogens with one attached hydrogen (secondary N) is 1. The number of carbonyl (C=O) groups is 1. The highest BCUT2D eigenvalue weighted by Crippen LogP contribution is 2.39. The van der Waals surface area contributed by atoms with Crippen molar-refractivity contribution in [3.05, 3.63) is 29.0 Å². The van der Waals surface area contributed by atoms with Gasteiger partial charge < -0.3 is 14.5 Å². The van der Waals surface area contributed by atoms with Crippen LogP contribution < -0.4 is 4.74 Å². The molecule has 1 aromatic heterocycles. The maximum Gasteiger partial charge on any atom is 0.418 e. The molecule has 1 aromatic carbocycles. The van der Waals surface area contributed by atoms with E-state index in [4.69, 9.17) is 4.74 Å². The fourth-order valence-corrected chi connectivity index (χ4v) is 2.24. The lowest BCUT2D eigenvalue weighted by Crippen LogP contribution is -2.07. The van der Waals surface area contributed by atoms with Gasteiger partial charge in [0.1, 0.15) is 5.75 Å². The van der Waals surface area contributed by atoms with Crippen molar-refractivity contribution in [2.75, 3.05) is 14.2 Å². The average Bonchev–Trinajstić information content (AvgIpc) is 2.72. The number of benzene rings is 1. The largest absolute Gasteiger partial charge is 0.497 e. The molecular formula is C14H14F3NO3. The molecule has 0 fully saturated rings. The van der Waals surface area contributed by atoms with Crippen molar-refractivity contribution in [2.24, 2.45) is 0 Å². The Hall–Kier alpha value is -2.18. The first-order chi connectivity index (χ1) is 9.77. The van der Waals surface area contributed by atoms with E-state index in [0.29, 0.717) is 16.6 Å². The van der Waals surface area contributed by atoms with Crippen molar-refractivity contribution in [1.82, 2.24) is 4.98 Å². The second-order valence-electron chi connectivity index (χ2n) is 4.58. The molecular weight excluding hydrogens is 287 g/mol. The highest BCUT2D eigenvalue weighted by Gasteiger charge is 2.35. The van der Waals surface area contributed by atoms with E-state index >= 15 is 0 Å². The summed E-state index contributed by atoms with van der Waals surface area (Å²) in [6.45, 7) is 1.62. The smallest absolute Gasteiger partial charge is 0.418 e. The monoisotopic (exact) mass is 301 g/mol. The van der Waals surface area contributed by atoms with Gasteiger partial charge in [0.15, 0.2) is 0 Å². The fraction of sp³-hybridized carbons (Fsp3) is 0.357. The molecule has 0 atom stereocenters. The Morgan fingerprint density at radius 3 is 2.48 bits per heavy atom. The van der Waals surface area contributed by atoms with Crippen LogP contribution in [0.1, 0.15) is 16.8 Å². The third-order valence-corrected chi connectivity index (χ3v) is 3.29. The molecule has 7 heteroatoms. The van der Waals surface area contributed by atoms with Crippen LogP contribution in [-0.2, 0) is 22.1 Å². The summed E-state index contributed by atoms with van der Waals surface area (Å²) < 4.78 is 48.9. The number of aromatic amines is 1. The highest BCUT2D eigenvalue weighted by molar-refractivity contribution is 5.92. The number of aryl methyl sites for hydroxylation is 1. The minimum atomic E-state index is -4.52. The molecule has 2 rings (SSSR count). The maximum atomic E-state index is 13.1. The van der Waals surface area contributed by atoms with Crippen molar-refractivity contribution in [3.63, 3.8) is 0 Å². The molecule has 21 heavy (non-hydrogen) atoms. The van der Waals surface area contributed by atoms with Gasteiger partial charge in [-0.1, -0.05) is 0 Å². The fourth-order valence-electron chi connectivity index (χ4n) is 2.24. The van der Waals surface area contributed by atoms with Crippen molar-refractivity contribution < 1.29 is 27.4 Å². The van der Waals surface area contributed by atoms with E-state index in [1.165, 1.54) is 20.3 Å². The summed E-state index contributed by atoms with van der Waals surface area (Å²) in [6.07, 6.45) is -4.63. The normalized spacial score (nSPS) is 11.7. The lowest BCUT2D eigenvalue weighted by atomic mass is 10.0. The predicted octanol–water partition coefficient (Wildman–Crippen LogP) is 3.22. The number of ether oxygens (including phenoxy) is 2. The van der Waals surface area contributed by atoms with Crippen molar-refractivity contribution in [1.29, 1.82) is 0 Å². The Kier molecular flexibility index (Phi) is 3.85. The Bertz CT molecular complexity index is 689. The summed E-state index contributed by atoms with van der Waals surface area (Å²) in [5, 5.41) is 0.310. The first-order valence-corrected chi connectivity index (χ1v) is 6.11. The summed E-state index contributed by atoms with van der Waals surface area (Å²) in [5.74, 6) is -0.435. The molecule has 114 valence electrons. The van der Waals surface area contributed by atoms with Gasteiger partial charge in [0, 0.05) is 11.1 Å². The number of rotatable bonds is 3. The Balaban J connectivity index is 2.72. The van der Waals surface area contributed by atoms with Gasteiger partial charge in [-0.3, -0.25) is 4.79 Å². The number of alkyl halides is 3. The number of carbonyl (C=O) groups excluding carboxylic acids is 1. The first kappa shape index (κ1) is 15.2. The summed E-state index contributed by atoms with van der Waals surface area (Å²) >= 11 is 0. The zero-order chi connectivity index (χ0) is 15.8. The van der Waals surface area contributed by atoms with Gasteiger partial charge in [-0.05, 0) is 24.6 Å². The van der Waals surface area contributed by atoms with Crippen LogP contribution in [0, 0.1) is 6.92 Å². The van der Waals surface area contributed by atoms with Gasteiger partial charge in [-0.2, -0.15) is 13.2 Å². The lowest BCUT2D eigenvalue weighted by molar-refractivity contribution is -0.139. The molecule has 1 N–H and O–H groups in total. The summed E-state index contributed by atoms with van der Waals surface area (Å²) in [5.41, 5.74) is 0.0890. The summed E-state index contributed by atoms with van der Waals surface area (Å²) in [4.78, 5) is 14.1. The minimum absolute atomic E-state index is 0.0558. The van der Waals surface area contributed by atoms with Gasteiger partial charge in [0.2, 0.25) is 0 Å². The van der Waals surface area contributed by atoms with E-state index in [-0.39, 0.29) is 17.7 Å². The number of aromatic nitrogens is 1. The topological polar surface area (TPSA) is 51.3 Å². The molecule has 0 bridgehead atoms. The molecule has 0 aliphatic rings. The second-order valence-corrected chi connectivity index (χ2v) is 4.58. The van der Waals surface area contributed by atoms with Gasteiger partial charge in [0.05, 0.1) is 31.7 Å². The molecule has 0 aliphatic carbocycles. The Morgan fingerprint density at radius 2 is 1.95 bits per heavy atom. The number of H-pyrrole nitrogens is 1. The van der Waals surface area contributed by atoms with Crippen molar-refractivity contribution >= 4 is 16.9 Å². The van der Waals surface area contributed by atoms with E-state index in [1.54, 1.807) is 6.92 Å². The molecule has 1 heterocycles. The highest BCUT2D eigenvalue weighted by atomic mass is 19.4. The SMILES string of the molecule is COC(=O)Cc1c(C)[nH]c2c(C(F)(F)F)cc(OC)cc12. The van der Waals surface area contributed by atoms with Crippen LogP contribution in [0.2, 0.25) is 0 Å². The zero-order valence-corrected chi connectivity index (χ0v) is 11.7. The quantitative estimate of drug-likeness (QED) is 0.886. The van der Waals surface area contributed by atoms with Crippen LogP contribution in [0.15, 0.2) is 12.1 Å². The molecule has 0 saturated carbocycles. The number of hydrogen-bond donors (Lipinski definition) is 1. The van der Waals surface area contributed by atoms with Gasteiger partial charge in [0.25, 0.3) is 0 Å². The second kappa shape index (κ2) is 5.31. The zero-order valence-electron chi connectivity index (χ0n) is 11.7. The van der Waals surface area contributed by atoms with Crippen LogP contribution >= 0.6 is 0 Å². The minimum Gasteiger partial charge on any atom is -0.497 e. The molecule has 0 saturated heterocycles. The van der Waals surface area contributed by atoms with E-state index < -0.39 is 17.7 Å². The van der Waals surface area contributed by atoms with E-state index in [2.05, 4.69) is 9.72 Å². The van der Waals surface area contributed by atoms with Gasteiger partial charge in [-0.15, -0.1) is 0 Å². The van der Waals surface area contributed by atoms with Crippen LogP contribution in [0.25, 0.3) is 10.9 Å². The van der Waals surface area contributed by atoms with E-state index in [0.717, 1.165) is 6.07 Å². The van der Waals surface area contributed by atoms with Crippen LogP contribution in [-0.4, -0.2) is 25.2 Å². The molecule has 0 amide bonds. The van der Waals surface area contributed by atoms with Crippen molar-refractivity contribution in [2.45, 2.75) is 19.5 Å². The molecule has 4 nitrogen and oxygen atoms in total. The molecule has 0 unspecified atom stereocenters. The number of methoxy groups -OCH3 is 2. The average molecular weight is 301 g/mol. The lowest BCUT2D eigenvalue weighted by Gasteiger charge is -2.10.